The monoisotopic (exact) mass is 216 g/mol. The largest absolute Gasteiger partial charge is 0.304 e. The third-order valence-corrected chi connectivity index (χ3v) is 3.38. The molecule has 0 saturated carbocycles. The number of hydrogen-bond acceptors (Lipinski definition) is 3. The summed E-state index contributed by atoms with van der Waals surface area (Å²) >= 11 is 4.44. The molecule has 3 heteroatoms. The van der Waals surface area contributed by atoms with Crippen LogP contribution in [0.15, 0.2) is 0 Å². The van der Waals surface area contributed by atoms with Gasteiger partial charge in [-0.1, -0.05) is 20.8 Å². The van der Waals surface area contributed by atoms with Crippen molar-refractivity contribution in [1.29, 1.82) is 0 Å². The van der Waals surface area contributed by atoms with Crippen molar-refractivity contribution < 1.29 is 0 Å². The van der Waals surface area contributed by atoms with Crippen LogP contribution in [-0.4, -0.2) is 48.4 Å². The first-order valence-corrected chi connectivity index (χ1v) is 6.15. The fourth-order valence-electron chi connectivity index (χ4n) is 2.55. The van der Waals surface area contributed by atoms with Crippen LogP contribution in [0, 0.1) is 5.41 Å². The maximum absolute atomic E-state index is 4.44. The Hall–Kier alpha value is 0.270. The molecule has 1 heterocycles. The first kappa shape index (κ1) is 12.3. The third-order valence-electron chi connectivity index (χ3n) is 3.02. The highest BCUT2D eigenvalue weighted by Crippen LogP contribution is 2.24. The summed E-state index contributed by atoms with van der Waals surface area (Å²) in [5.41, 5.74) is 0.390. The summed E-state index contributed by atoms with van der Waals surface area (Å²) in [6.07, 6.45) is 1.22. The van der Waals surface area contributed by atoms with Gasteiger partial charge in [0.25, 0.3) is 0 Å². The van der Waals surface area contributed by atoms with Crippen LogP contribution in [0.3, 0.4) is 0 Å². The molecule has 1 atom stereocenters. The fourth-order valence-corrected chi connectivity index (χ4v) is 2.88. The van der Waals surface area contributed by atoms with Crippen LogP contribution < -0.4 is 0 Å². The maximum atomic E-state index is 4.44. The average molecular weight is 216 g/mol. The summed E-state index contributed by atoms with van der Waals surface area (Å²) in [5.74, 6) is 0.885. The molecule has 1 rings (SSSR count). The Balaban J connectivity index is 2.73. The Bertz CT molecular complexity index is 182. The molecule has 14 heavy (non-hydrogen) atoms. The molecule has 1 fully saturated rings. The van der Waals surface area contributed by atoms with E-state index in [2.05, 4.69) is 50.2 Å². The predicted molar refractivity (Wildman–Crippen MR) is 65.9 cm³/mol. The minimum atomic E-state index is 0.390. The second kappa shape index (κ2) is 4.86. The van der Waals surface area contributed by atoms with E-state index < -0.39 is 0 Å². The van der Waals surface area contributed by atoms with Gasteiger partial charge in [-0.15, -0.1) is 0 Å². The lowest BCUT2D eigenvalue weighted by Crippen LogP contribution is -2.40. The van der Waals surface area contributed by atoms with Crippen molar-refractivity contribution in [3.63, 3.8) is 0 Å². The number of likely N-dealkylation sites (N-methyl/N-ethyl adjacent to an activating group) is 1. The van der Waals surface area contributed by atoms with Gasteiger partial charge in [0, 0.05) is 31.6 Å². The van der Waals surface area contributed by atoms with E-state index in [-0.39, 0.29) is 0 Å². The van der Waals surface area contributed by atoms with E-state index in [4.69, 9.17) is 0 Å². The van der Waals surface area contributed by atoms with Crippen LogP contribution in [-0.2, 0) is 0 Å². The molecule has 0 radical (unpaired) electrons. The van der Waals surface area contributed by atoms with E-state index in [0.717, 1.165) is 5.88 Å². The van der Waals surface area contributed by atoms with Crippen LogP contribution in [0.2, 0.25) is 0 Å². The van der Waals surface area contributed by atoms with E-state index in [1.807, 2.05) is 0 Å². The zero-order chi connectivity index (χ0) is 10.8. The molecular formula is C11H24N2S. The molecule has 0 N–H and O–H groups in total. The number of nitrogens with zero attached hydrogens (tertiary/aromatic N) is 2. The highest BCUT2D eigenvalue weighted by Gasteiger charge is 2.31. The summed E-state index contributed by atoms with van der Waals surface area (Å²) in [5, 5.41) is 0. The van der Waals surface area contributed by atoms with Crippen molar-refractivity contribution >= 4 is 12.6 Å². The van der Waals surface area contributed by atoms with Crippen molar-refractivity contribution in [2.75, 3.05) is 32.6 Å². The topological polar surface area (TPSA) is 6.48 Å². The van der Waals surface area contributed by atoms with Gasteiger partial charge in [0.15, 0.2) is 0 Å². The first-order valence-electron chi connectivity index (χ1n) is 5.52. The van der Waals surface area contributed by atoms with Crippen molar-refractivity contribution in [1.82, 2.24) is 9.80 Å². The SMILES string of the molecule is CCC1CN(C)CC(C)(C)CN1CS. The smallest absolute Gasteiger partial charge is 0.0417 e. The Morgan fingerprint density at radius 2 is 2.00 bits per heavy atom. The molecule has 1 saturated heterocycles. The fraction of sp³-hybridized carbons (Fsp3) is 1.00. The lowest BCUT2D eigenvalue weighted by atomic mass is 9.93. The summed E-state index contributed by atoms with van der Waals surface area (Å²) < 4.78 is 0. The zero-order valence-electron chi connectivity index (χ0n) is 9.95. The van der Waals surface area contributed by atoms with E-state index in [0.29, 0.717) is 11.5 Å². The molecule has 84 valence electrons. The van der Waals surface area contributed by atoms with Gasteiger partial charge in [0.2, 0.25) is 0 Å². The third kappa shape index (κ3) is 3.14. The van der Waals surface area contributed by atoms with E-state index >= 15 is 0 Å². The summed E-state index contributed by atoms with van der Waals surface area (Å²) in [7, 11) is 2.23. The van der Waals surface area contributed by atoms with Gasteiger partial charge in [0.1, 0.15) is 0 Å². The minimum absolute atomic E-state index is 0.390. The number of rotatable bonds is 2. The highest BCUT2D eigenvalue weighted by atomic mass is 32.1. The van der Waals surface area contributed by atoms with Gasteiger partial charge < -0.3 is 4.90 Å². The van der Waals surface area contributed by atoms with Gasteiger partial charge in [-0.25, -0.2) is 0 Å². The molecule has 0 aromatic heterocycles. The molecule has 0 amide bonds. The van der Waals surface area contributed by atoms with Gasteiger partial charge in [-0.05, 0) is 18.9 Å². The molecule has 0 bridgehead atoms. The molecule has 0 aromatic rings. The molecule has 1 unspecified atom stereocenters. The molecule has 0 aliphatic carbocycles. The Morgan fingerprint density at radius 3 is 2.50 bits per heavy atom. The lowest BCUT2D eigenvalue weighted by molar-refractivity contribution is 0.182. The van der Waals surface area contributed by atoms with Crippen molar-refractivity contribution in [2.24, 2.45) is 5.41 Å². The van der Waals surface area contributed by atoms with Crippen LogP contribution in [0.4, 0.5) is 0 Å². The van der Waals surface area contributed by atoms with E-state index in [9.17, 15) is 0 Å². The average Bonchev–Trinajstić information content (AvgIpc) is 2.20. The molecule has 0 aromatic carbocycles. The Morgan fingerprint density at radius 1 is 1.36 bits per heavy atom. The predicted octanol–water partition coefficient (Wildman–Crippen LogP) is 1.93. The number of hydrogen-bond donors (Lipinski definition) is 1. The van der Waals surface area contributed by atoms with Gasteiger partial charge in [-0.3, -0.25) is 4.90 Å². The minimum Gasteiger partial charge on any atom is -0.304 e. The molecular weight excluding hydrogens is 192 g/mol. The summed E-state index contributed by atoms with van der Waals surface area (Å²) in [6.45, 7) is 10.5. The number of thiol groups is 1. The van der Waals surface area contributed by atoms with E-state index in [1.54, 1.807) is 0 Å². The quantitative estimate of drug-likeness (QED) is 0.705. The molecule has 0 spiro atoms. The molecule has 1 aliphatic rings. The van der Waals surface area contributed by atoms with E-state index in [1.165, 1.54) is 26.1 Å². The van der Waals surface area contributed by atoms with Crippen molar-refractivity contribution in [3.05, 3.63) is 0 Å². The lowest BCUT2D eigenvalue weighted by Gasteiger charge is -2.31. The highest BCUT2D eigenvalue weighted by molar-refractivity contribution is 7.80. The van der Waals surface area contributed by atoms with Crippen LogP contribution in [0.25, 0.3) is 0 Å². The normalized spacial score (nSPS) is 30.2. The second-order valence-corrected chi connectivity index (χ2v) is 5.59. The van der Waals surface area contributed by atoms with Gasteiger partial charge in [0.05, 0.1) is 0 Å². The van der Waals surface area contributed by atoms with Crippen molar-refractivity contribution in [2.45, 2.75) is 33.2 Å². The molecule has 1 aliphatic heterocycles. The van der Waals surface area contributed by atoms with Crippen molar-refractivity contribution in [3.8, 4) is 0 Å². The molecule has 2 nitrogen and oxygen atoms in total. The maximum Gasteiger partial charge on any atom is 0.0417 e. The first-order chi connectivity index (χ1) is 6.48. The Labute approximate surface area is 94.1 Å². The second-order valence-electron chi connectivity index (χ2n) is 5.31. The summed E-state index contributed by atoms with van der Waals surface area (Å²) in [6, 6.07) is 0.680. The van der Waals surface area contributed by atoms with Crippen LogP contribution in [0.1, 0.15) is 27.2 Å². The van der Waals surface area contributed by atoms with Crippen LogP contribution in [0.5, 0.6) is 0 Å². The van der Waals surface area contributed by atoms with Gasteiger partial charge >= 0.3 is 0 Å². The summed E-state index contributed by atoms with van der Waals surface area (Å²) in [4.78, 5) is 4.96. The Kier molecular flexibility index (Phi) is 4.29. The van der Waals surface area contributed by atoms with Crippen LogP contribution >= 0.6 is 12.6 Å². The standard InChI is InChI=1S/C11H24N2S/c1-5-10-6-12(4)7-11(2,3)8-13(10)9-14/h10,14H,5-9H2,1-4H3. The van der Waals surface area contributed by atoms with Gasteiger partial charge in [-0.2, -0.15) is 12.6 Å². The zero-order valence-corrected chi connectivity index (χ0v) is 10.8.